The van der Waals surface area contributed by atoms with Gasteiger partial charge in [0.15, 0.2) is 5.78 Å². The topological polar surface area (TPSA) is 43.1 Å². The number of nitrogens with two attached hydrogens (primary N) is 1. The van der Waals surface area contributed by atoms with Crippen LogP contribution in [0.3, 0.4) is 0 Å². The summed E-state index contributed by atoms with van der Waals surface area (Å²) in [4.78, 5) is 11.7. The molecule has 0 atom stereocenters. The van der Waals surface area contributed by atoms with E-state index in [2.05, 4.69) is 15.9 Å². The van der Waals surface area contributed by atoms with Gasteiger partial charge in [-0.15, -0.1) is 0 Å². The van der Waals surface area contributed by atoms with Gasteiger partial charge in [0.2, 0.25) is 0 Å². The molecule has 1 aromatic rings. The van der Waals surface area contributed by atoms with Crippen molar-refractivity contribution in [1.82, 2.24) is 0 Å². The van der Waals surface area contributed by atoms with Crippen molar-refractivity contribution < 1.29 is 4.79 Å². The van der Waals surface area contributed by atoms with Gasteiger partial charge in [0.1, 0.15) is 0 Å². The molecule has 4 heteroatoms. The first-order valence-electron chi connectivity index (χ1n) is 4.77. The highest BCUT2D eigenvalue weighted by molar-refractivity contribution is 9.10. The summed E-state index contributed by atoms with van der Waals surface area (Å²) in [6.45, 7) is 0. The maximum atomic E-state index is 11.7. The molecule has 1 aromatic carbocycles. The summed E-state index contributed by atoms with van der Waals surface area (Å²) in [7, 11) is 0. The minimum absolute atomic E-state index is 0.0896. The van der Waals surface area contributed by atoms with Crippen molar-refractivity contribution in [3.8, 4) is 0 Å². The van der Waals surface area contributed by atoms with Gasteiger partial charge in [-0.2, -0.15) is 0 Å². The molecule has 2 rings (SSSR count). The smallest absolute Gasteiger partial charge is 0.157 e. The van der Waals surface area contributed by atoms with Gasteiger partial charge in [0, 0.05) is 15.9 Å². The Morgan fingerprint density at radius 1 is 1.53 bits per heavy atom. The van der Waals surface area contributed by atoms with Crippen LogP contribution >= 0.6 is 27.5 Å². The lowest BCUT2D eigenvalue weighted by atomic mass is 10.0. The van der Waals surface area contributed by atoms with E-state index >= 15 is 0 Å². The second-order valence-corrected chi connectivity index (χ2v) is 5.31. The molecule has 0 spiro atoms. The minimum atomic E-state index is -0.559. The predicted molar refractivity (Wildman–Crippen MR) is 64.0 cm³/mol. The number of carbonyl (C=O) groups is 1. The minimum Gasteiger partial charge on any atom is -0.319 e. The first-order chi connectivity index (χ1) is 7.01. The first kappa shape index (κ1) is 11.1. The first-order valence-corrected chi connectivity index (χ1v) is 5.94. The Hall–Kier alpha value is -0.380. The summed E-state index contributed by atoms with van der Waals surface area (Å²) in [5.41, 5.74) is 6.11. The van der Waals surface area contributed by atoms with Crippen molar-refractivity contribution in [2.75, 3.05) is 0 Å². The lowest BCUT2D eigenvalue weighted by Gasteiger charge is -2.08. The van der Waals surface area contributed by atoms with Crippen molar-refractivity contribution in [2.45, 2.75) is 24.8 Å². The third-order valence-corrected chi connectivity index (χ3v) is 3.56. The Balaban J connectivity index is 2.14. The maximum Gasteiger partial charge on any atom is 0.157 e. The van der Waals surface area contributed by atoms with E-state index in [4.69, 9.17) is 17.3 Å². The highest BCUT2D eigenvalue weighted by Gasteiger charge is 2.45. The van der Waals surface area contributed by atoms with Crippen LogP contribution in [0, 0.1) is 0 Å². The van der Waals surface area contributed by atoms with Gasteiger partial charge in [-0.1, -0.05) is 33.6 Å². The van der Waals surface area contributed by atoms with Gasteiger partial charge in [-0.05, 0) is 30.5 Å². The Morgan fingerprint density at radius 3 is 2.73 bits per heavy atom. The number of hydrogen-bond acceptors (Lipinski definition) is 2. The molecule has 2 nitrogen and oxygen atoms in total. The molecule has 1 saturated carbocycles. The van der Waals surface area contributed by atoms with E-state index in [9.17, 15) is 4.79 Å². The van der Waals surface area contributed by atoms with Crippen LogP contribution < -0.4 is 5.73 Å². The normalized spacial score (nSPS) is 17.5. The van der Waals surface area contributed by atoms with Gasteiger partial charge >= 0.3 is 0 Å². The number of Topliss-reactive ketones (excluding diaryl/α,β-unsaturated/α-hetero) is 1. The molecule has 0 saturated heterocycles. The summed E-state index contributed by atoms with van der Waals surface area (Å²) < 4.78 is 0.914. The standard InChI is InChI=1S/C11H11BrClNO/c12-8-2-1-7(9(13)6-8)5-10(15)11(14)3-4-11/h1-2,6H,3-5,14H2. The maximum absolute atomic E-state index is 11.7. The molecule has 0 radical (unpaired) electrons. The second kappa shape index (κ2) is 3.89. The van der Waals surface area contributed by atoms with Crippen molar-refractivity contribution >= 4 is 33.3 Å². The third kappa shape index (κ3) is 2.41. The van der Waals surface area contributed by atoms with E-state index < -0.39 is 5.54 Å². The fourth-order valence-electron chi connectivity index (χ4n) is 1.43. The zero-order valence-corrected chi connectivity index (χ0v) is 10.4. The molecule has 0 aromatic heterocycles. The molecule has 15 heavy (non-hydrogen) atoms. The molecule has 1 aliphatic rings. The molecule has 0 bridgehead atoms. The number of benzene rings is 1. The van der Waals surface area contributed by atoms with Gasteiger partial charge < -0.3 is 5.73 Å². The third-order valence-electron chi connectivity index (χ3n) is 2.71. The predicted octanol–water partition coefficient (Wildman–Crippen LogP) is 2.71. The van der Waals surface area contributed by atoms with Crippen LogP contribution in [0.15, 0.2) is 22.7 Å². The van der Waals surface area contributed by atoms with Crippen LogP contribution in [-0.2, 0) is 11.2 Å². The second-order valence-electron chi connectivity index (χ2n) is 3.99. The average molecular weight is 289 g/mol. The fraction of sp³-hybridized carbons (Fsp3) is 0.364. The lowest BCUT2D eigenvalue weighted by Crippen LogP contribution is -2.34. The number of ketones is 1. The van der Waals surface area contributed by atoms with Crippen LogP contribution in [0.25, 0.3) is 0 Å². The van der Waals surface area contributed by atoms with Crippen molar-refractivity contribution in [3.63, 3.8) is 0 Å². The van der Waals surface area contributed by atoms with E-state index in [-0.39, 0.29) is 5.78 Å². The van der Waals surface area contributed by atoms with E-state index in [1.54, 1.807) is 6.07 Å². The number of carbonyl (C=O) groups excluding carboxylic acids is 1. The van der Waals surface area contributed by atoms with Crippen LogP contribution in [0.2, 0.25) is 5.02 Å². The summed E-state index contributed by atoms with van der Waals surface area (Å²) in [5, 5.41) is 0.613. The fourth-order valence-corrected chi connectivity index (χ4v) is 2.17. The summed E-state index contributed by atoms with van der Waals surface area (Å²) in [5.74, 6) is 0.0896. The Kier molecular flexibility index (Phi) is 2.88. The summed E-state index contributed by atoms with van der Waals surface area (Å²) in [6.07, 6.45) is 1.95. The zero-order chi connectivity index (χ0) is 11.1. The number of rotatable bonds is 3. The van der Waals surface area contributed by atoms with Crippen LogP contribution in [0.1, 0.15) is 18.4 Å². The van der Waals surface area contributed by atoms with Crippen LogP contribution in [-0.4, -0.2) is 11.3 Å². The number of hydrogen-bond donors (Lipinski definition) is 1. The molecule has 0 heterocycles. The highest BCUT2D eigenvalue weighted by Crippen LogP contribution is 2.35. The number of halogens is 2. The Morgan fingerprint density at radius 2 is 2.20 bits per heavy atom. The average Bonchev–Trinajstić information content (AvgIpc) is 2.90. The monoisotopic (exact) mass is 287 g/mol. The van der Waals surface area contributed by atoms with Gasteiger partial charge in [0.05, 0.1) is 5.54 Å². The quantitative estimate of drug-likeness (QED) is 0.929. The molecule has 2 N–H and O–H groups in total. The molecule has 1 aliphatic carbocycles. The van der Waals surface area contributed by atoms with Crippen molar-refractivity contribution in [3.05, 3.63) is 33.3 Å². The van der Waals surface area contributed by atoms with Gasteiger partial charge in [0.25, 0.3) is 0 Å². The Labute approximate surface area is 102 Å². The molecule has 80 valence electrons. The molecule has 0 unspecified atom stereocenters. The van der Waals surface area contributed by atoms with Gasteiger partial charge in [-0.3, -0.25) is 4.79 Å². The molecule has 0 amide bonds. The molecule has 0 aliphatic heterocycles. The lowest BCUT2D eigenvalue weighted by molar-refractivity contribution is -0.120. The van der Waals surface area contributed by atoms with E-state index in [1.807, 2.05) is 12.1 Å². The largest absolute Gasteiger partial charge is 0.319 e. The summed E-state index contributed by atoms with van der Waals surface area (Å²) >= 11 is 9.34. The van der Waals surface area contributed by atoms with E-state index in [0.29, 0.717) is 11.4 Å². The van der Waals surface area contributed by atoms with E-state index in [1.165, 1.54) is 0 Å². The van der Waals surface area contributed by atoms with Crippen molar-refractivity contribution in [1.29, 1.82) is 0 Å². The van der Waals surface area contributed by atoms with E-state index in [0.717, 1.165) is 22.9 Å². The van der Waals surface area contributed by atoms with Crippen LogP contribution in [0.4, 0.5) is 0 Å². The van der Waals surface area contributed by atoms with Crippen LogP contribution in [0.5, 0.6) is 0 Å². The highest BCUT2D eigenvalue weighted by atomic mass is 79.9. The van der Waals surface area contributed by atoms with Crippen molar-refractivity contribution in [2.24, 2.45) is 5.73 Å². The van der Waals surface area contributed by atoms with Gasteiger partial charge in [-0.25, -0.2) is 0 Å². The zero-order valence-electron chi connectivity index (χ0n) is 8.09. The Bertz CT molecular complexity index is 415. The molecule has 1 fully saturated rings. The SMILES string of the molecule is NC1(C(=O)Cc2ccc(Br)cc2Cl)CC1. The molecular weight excluding hydrogens is 277 g/mol. The summed E-state index contributed by atoms with van der Waals surface area (Å²) in [6, 6.07) is 5.53. The molecular formula is C11H11BrClNO.